The monoisotopic (exact) mass is 442 g/mol. The summed E-state index contributed by atoms with van der Waals surface area (Å²) in [5.74, 6) is 0.953. The second kappa shape index (κ2) is 13.5. The highest BCUT2D eigenvalue weighted by atomic mass is 16.5. The van der Waals surface area contributed by atoms with E-state index in [1.54, 1.807) is 12.5 Å². The van der Waals surface area contributed by atoms with Crippen LogP contribution in [0.1, 0.15) is 64.7 Å². The quantitative estimate of drug-likeness (QED) is 0.394. The van der Waals surface area contributed by atoms with E-state index >= 15 is 0 Å². The van der Waals surface area contributed by atoms with E-state index in [9.17, 15) is 5.11 Å². The molecule has 1 atom stereocenters. The molecule has 1 aliphatic heterocycles. The number of nitrogens with one attached hydrogen (secondary N) is 1. The van der Waals surface area contributed by atoms with Gasteiger partial charge in [0.05, 0.1) is 25.1 Å². The molecule has 1 saturated heterocycles. The third kappa shape index (κ3) is 8.47. The van der Waals surface area contributed by atoms with Crippen molar-refractivity contribution in [2.45, 2.75) is 76.9 Å². The van der Waals surface area contributed by atoms with E-state index in [2.05, 4.69) is 46.4 Å². The summed E-state index contributed by atoms with van der Waals surface area (Å²) >= 11 is 0. The van der Waals surface area contributed by atoms with Gasteiger partial charge in [0.15, 0.2) is 0 Å². The first kappa shape index (κ1) is 24.6. The number of aromatic nitrogens is 2. The van der Waals surface area contributed by atoms with E-state index in [0.717, 1.165) is 83.5 Å². The molecular formula is C26H42N4O2. The van der Waals surface area contributed by atoms with Crippen LogP contribution in [0.4, 0.5) is 5.69 Å². The second-order valence-electron chi connectivity index (χ2n) is 9.16. The Morgan fingerprint density at radius 2 is 1.72 bits per heavy atom. The fraction of sp³-hybridized carbons (Fsp3) is 0.654. The molecule has 0 radical (unpaired) electrons. The molecule has 0 aliphatic carbocycles. The topological polar surface area (TPSA) is 62.6 Å². The SMILES string of the molecule is CCCCCC(O)(CCCCCCOc1ccc(N2CCNCC2)cc1)Cn1ccnc1. The lowest BCUT2D eigenvalue weighted by molar-refractivity contribution is 0.00133. The summed E-state index contributed by atoms with van der Waals surface area (Å²) in [7, 11) is 0. The third-order valence-electron chi connectivity index (χ3n) is 6.41. The van der Waals surface area contributed by atoms with Crippen molar-refractivity contribution in [3.63, 3.8) is 0 Å². The number of hydrogen-bond acceptors (Lipinski definition) is 5. The van der Waals surface area contributed by atoms with E-state index in [1.165, 1.54) is 18.5 Å². The van der Waals surface area contributed by atoms with Gasteiger partial charge in [0.2, 0.25) is 0 Å². The molecule has 32 heavy (non-hydrogen) atoms. The first-order valence-electron chi connectivity index (χ1n) is 12.6. The molecule has 1 aromatic carbocycles. The largest absolute Gasteiger partial charge is 0.494 e. The minimum atomic E-state index is -0.626. The highest BCUT2D eigenvalue weighted by Crippen LogP contribution is 2.25. The highest BCUT2D eigenvalue weighted by Gasteiger charge is 2.26. The summed E-state index contributed by atoms with van der Waals surface area (Å²) < 4.78 is 7.95. The molecule has 1 fully saturated rings. The van der Waals surface area contributed by atoms with Gasteiger partial charge in [-0.2, -0.15) is 0 Å². The van der Waals surface area contributed by atoms with Crippen molar-refractivity contribution in [3.05, 3.63) is 43.0 Å². The van der Waals surface area contributed by atoms with Crippen molar-refractivity contribution in [3.8, 4) is 5.75 Å². The standard InChI is InChI=1S/C26H42N4O2/c1-2-3-6-13-26(31,22-29-18-15-28-23-29)14-7-4-5-8-21-32-25-11-9-24(10-12-25)30-19-16-27-17-20-30/h9-12,15,18,23,27,31H,2-8,13-14,16-17,19-22H2,1H3. The summed E-state index contributed by atoms with van der Waals surface area (Å²) in [5, 5.41) is 14.6. The zero-order valence-electron chi connectivity index (χ0n) is 19.8. The maximum atomic E-state index is 11.2. The van der Waals surface area contributed by atoms with Gasteiger partial charge in [-0.1, -0.05) is 45.4 Å². The lowest BCUT2D eigenvalue weighted by atomic mass is 9.89. The number of rotatable bonds is 15. The summed E-state index contributed by atoms with van der Waals surface area (Å²) in [6, 6.07) is 8.51. The number of imidazole rings is 1. The summed E-state index contributed by atoms with van der Waals surface area (Å²) in [5.41, 5.74) is 0.652. The molecule has 3 rings (SSSR count). The van der Waals surface area contributed by atoms with Crippen LogP contribution in [0, 0.1) is 0 Å². The maximum Gasteiger partial charge on any atom is 0.119 e. The first-order valence-corrected chi connectivity index (χ1v) is 12.6. The fourth-order valence-corrected chi connectivity index (χ4v) is 4.48. The Morgan fingerprint density at radius 1 is 1.00 bits per heavy atom. The Morgan fingerprint density at radius 3 is 2.41 bits per heavy atom. The number of anilines is 1. The van der Waals surface area contributed by atoms with E-state index in [1.807, 2.05) is 10.8 Å². The Balaban J connectivity index is 1.30. The molecule has 178 valence electrons. The Bertz CT molecular complexity index is 729. The van der Waals surface area contributed by atoms with Crippen LogP contribution in [0.15, 0.2) is 43.0 Å². The fourth-order valence-electron chi connectivity index (χ4n) is 4.48. The van der Waals surface area contributed by atoms with Crippen molar-refractivity contribution in [2.24, 2.45) is 0 Å². The number of benzene rings is 1. The second-order valence-corrected chi connectivity index (χ2v) is 9.16. The van der Waals surface area contributed by atoms with Gasteiger partial charge in [0, 0.05) is 44.3 Å². The van der Waals surface area contributed by atoms with Gasteiger partial charge < -0.3 is 24.6 Å². The third-order valence-corrected chi connectivity index (χ3v) is 6.41. The minimum Gasteiger partial charge on any atom is -0.494 e. The Kier molecular flexibility index (Phi) is 10.4. The number of aliphatic hydroxyl groups is 1. The van der Waals surface area contributed by atoms with E-state index < -0.39 is 5.60 Å². The molecule has 0 bridgehead atoms. The molecule has 2 heterocycles. The van der Waals surface area contributed by atoms with Gasteiger partial charge in [-0.3, -0.25) is 0 Å². The number of ether oxygens (including phenoxy) is 1. The smallest absolute Gasteiger partial charge is 0.119 e. The van der Waals surface area contributed by atoms with Crippen molar-refractivity contribution >= 4 is 5.69 Å². The summed E-state index contributed by atoms with van der Waals surface area (Å²) in [6.07, 6.45) is 15.1. The maximum absolute atomic E-state index is 11.2. The van der Waals surface area contributed by atoms with Gasteiger partial charge in [-0.05, 0) is 43.5 Å². The molecule has 1 unspecified atom stereocenters. The number of nitrogens with zero attached hydrogens (tertiary/aromatic N) is 3. The van der Waals surface area contributed by atoms with Crippen LogP contribution < -0.4 is 15.0 Å². The van der Waals surface area contributed by atoms with E-state index in [-0.39, 0.29) is 0 Å². The molecule has 2 N–H and O–H groups in total. The van der Waals surface area contributed by atoms with Gasteiger partial charge in [0.1, 0.15) is 5.75 Å². The lowest BCUT2D eigenvalue weighted by Gasteiger charge is -2.29. The Labute approximate surface area is 194 Å². The molecular weight excluding hydrogens is 400 g/mol. The first-order chi connectivity index (χ1) is 15.7. The number of piperazine rings is 1. The molecule has 6 heteroatoms. The zero-order chi connectivity index (χ0) is 22.5. The van der Waals surface area contributed by atoms with E-state index in [4.69, 9.17) is 4.74 Å². The summed E-state index contributed by atoms with van der Waals surface area (Å²) in [4.78, 5) is 6.53. The van der Waals surface area contributed by atoms with Crippen LogP contribution in [0.2, 0.25) is 0 Å². The van der Waals surface area contributed by atoms with Gasteiger partial charge in [-0.15, -0.1) is 0 Å². The van der Waals surface area contributed by atoms with E-state index in [0.29, 0.717) is 6.54 Å². The normalized spacial score (nSPS) is 16.1. The molecule has 2 aromatic rings. The van der Waals surface area contributed by atoms with Crippen LogP contribution in [-0.2, 0) is 6.54 Å². The molecule has 0 saturated carbocycles. The predicted molar refractivity (Wildman–Crippen MR) is 131 cm³/mol. The van der Waals surface area contributed by atoms with Gasteiger partial charge >= 0.3 is 0 Å². The Hall–Kier alpha value is -2.05. The van der Waals surface area contributed by atoms with Gasteiger partial charge in [-0.25, -0.2) is 4.98 Å². The van der Waals surface area contributed by atoms with Crippen LogP contribution in [0.5, 0.6) is 5.75 Å². The predicted octanol–water partition coefficient (Wildman–Crippen LogP) is 4.63. The minimum absolute atomic E-state index is 0.626. The number of unbranched alkanes of at least 4 members (excludes halogenated alkanes) is 5. The van der Waals surface area contributed by atoms with Crippen LogP contribution in [0.3, 0.4) is 0 Å². The lowest BCUT2D eigenvalue weighted by Crippen LogP contribution is -2.43. The zero-order valence-corrected chi connectivity index (χ0v) is 19.8. The van der Waals surface area contributed by atoms with Gasteiger partial charge in [0.25, 0.3) is 0 Å². The molecule has 1 aliphatic rings. The molecule has 1 aromatic heterocycles. The summed E-state index contributed by atoms with van der Waals surface area (Å²) in [6.45, 7) is 7.84. The molecule has 6 nitrogen and oxygen atoms in total. The van der Waals surface area contributed by atoms with Crippen molar-refractivity contribution in [2.75, 3.05) is 37.7 Å². The van der Waals surface area contributed by atoms with Crippen molar-refractivity contribution in [1.82, 2.24) is 14.9 Å². The van der Waals surface area contributed by atoms with Crippen molar-refractivity contribution < 1.29 is 9.84 Å². The average Bonchev–Trinajstić information content (AvgIpc) is 3.32. The molecule has 0 spiro atoms. The van der Waals surface area contributed by atoms with Crippen LogP contribution in [0.25, 0.3) is 0 Å². The number of hydrogen-bond donors (Lipinski definition) is 2. The molecule has 0 amide bonds. The highest BCUT2D eigenvalue weighted by molar-refractivity contribution is 5.49. The average molecular weight is 443 g/mol. The van der Waals surface area contributed by atoms with Crippen molar-refractivity contribution in [1.29, 1.82) is 0 Å². The van der Waals surface area contributed by atoms with Crippen LogP contribution >= 0.6 is 0 Å². The van der Waals surface area contributed by atoms with Crippen LogP contribution in [-0.4, -0.2) is 53.0 Å².